The lowest BCUT2D eigenvalue weighted by Gasteiger charge is -2.21. The molecule has 5 unspecified atom stereocenters. The Labute approximate surface area is 629 Å². The molecular weight excluding hydrogens is 1350 g/mol. The van der Waals surface area contributed by atoms with Gasteiger partial charge in [0.2, 0.25) is 0 Å². The Morgan fingerprint density at radius 2 is 0.538 bits per heavy atom. The molecule has 0 aliphatic heterocycles. The van der Waals surface area contributed by atoms with Gasteiger partial charge in [0.1, 0.15) is 19.3 Å². The highest BCUT2D eigenvalue weighted by molar-refractivity contribution is 7.47. The number of aliphatic hydroxyl groups excluding tert-OH is 1. The highest BCUT2D eigenvalue weighted by Gasteiger charge is 2.30. The predicted molar refractivity (Wildman–Crippen MR) is 427 cm³/mol. The standard InChI is InChI=1S/C85H140O17P2/c1-5-9-13-17-21-25-29-33-35-37-39-41-43-47-49-53-57-61-65-69-82(87)95-75-80(101-84(89)71-67-63-59-55-51-45-31-27-23-19-15-11-7-3)77-99-103(91,92)97-73-79(86)74-98-104(93,94)100-78-81(102-85(90)72-68-64-60-56-52-46-32-28-24-20-16-12-8-4)76-96-83(88)70-66-62-58-54-50-48-44-42-40-38-36-34-30-26-22-18-14-10-6-2/h9-10,13-15,19,21-22,25-27,31,33-36,39-42,47-50,57,61,79-81,86H,5-8,11-12,16-18,20,23-24,28-30,32,37-38,43-46,51-56,58-60,62-78H2,1-4H3,(H,91,92)(H,93,94)/b13-9-,14-10-,19-15-,25-21-,26-22-,31-27-,35-33-,36-34-,41-39-,42-40-,49-47-,50-48-,61-57-. The zero-order chi connectivity index (χ0) is 76.0. The van der Waals surface area contributed by atoms with Gasteiger partial charge >= 0.3 is 39.5 Å². The van der Waals surface area contributed by atoms with E-state index in [0.29, 0.717) is 32.1 Å². The molecule has 0 saturated heterocycles. The molecule has 0 aliphatic carbocycles. The minimum absolute atomic E-state index is 0.0283. The molecule has 0 saturated carbocycles. The van der Waals surface area contributed by atoms with Crippen LogP contribution in [0.1, 0.15) is 297 Å². The number of allylic oxidation sites excluding steroid dienone is 26. The molecule has 104 heavy (non-hydrogen) atoms. The maximum Gasteiger partial charge on any atom is 0.472 e. The topological polar surface area (TPSA) is 237 Å². The zero-order valence-corrected chi connectivity index (χ0v) is 66.4. The van der Waals surface area contributed by atoms with Gasteiger partial charge in [0, 0.05) is 25.7 Å². The maximum atomic E-state index is 13.1. The van der Waals surface area contributed by atoms with Gasteiger partial charge in [-0.25, -0.2) is 9.13 Å². The molecule has 0 spiro atoms. The summed E-state index contributed by atoms with van der Waals surface area (Å²) in [5, 5.41) is 10.6. The Kier molecular flexibility index (Phi) is 72.0. The number of aliphatic hydroxyl groups is 1. The third-order valence-corrected chi connectivity index (χ3v) is 17.9. The van der Waals surface area contributed by atoms with Gasteiger partial charge in [-0.3, -0.25) is 37.3 Å². The highest BCUT2D eigenvalue weighted by Crippen LogP contribution is 2.45. The van der Waals surface area contributed by atoms with Crippen LogP contribution in [0.4, 0.5) is 0 Å². The molecule has 0 aromatic rings. The fraction of sp³-hybridized carbons (Fsp3) is 0.647. The third-order valence-electron chi connectivity index (χ3n) is 16.0. The molecule has 0 aromatic heterocycles. The molecule has 0 fully saturated rings. The molecule has 0 rings (SSSR count). The number of carbonyl (C=O) groups is 4. The zero-order valence-electron chi connectivity index (χ0n) is 64.6. The highest BCUT2D eigenvalue weighted by atomic mass is 31.2. The normalized spacial score (nSPS) is 14.7. The van der Waals surface area contributed by atoms with Crippen LogP contribution in [0.15, 0.2) is 158 Å². The average Bonchev–Trinajstić information content (AvgIpc) is 0.913. The van der Waals surface area contributed by atoms with Crippen molar-refractivity contribution in [3.05, 3.63) is 158 Å². The number of rotatable bonds is 73. The largest absolute Gasteiger partial charge is 0.472 e. The number of hydrogen-bond acceptors (Lipinski definition) is 15. The SMILES string of the molecule is CC/C=C\C/C=C\C/C=C\C/C=C\C/C=C\C/C=C\CCC(=O)OCC(COP(=O)(O)OCC(O)COP(=O)(O)OCC(COC(=O)CCCCC/C=C\C/C=C\C/C=C\C/C=C\C/C=C\CC)OC(=O)CCCCCCCCCCCCCCC)OC(=O)CCCCCCC/C=C\C/C=C\CCC. The van der Waals surface area contributed by atoms with Crippen LogP contribution < -0.4 is 0 Å². The second-order valence-electron chi connectivity index (χ2n) is 25.9. The number of esters is 4. The van der Waals surface area contributed by atoms with Crippen LogP contribution in [0, 0.1) is 0 Å². The third kappa shape index (κ3) is 74.9. The van der Waals surface area contributed by atoms with Gasteiger partial charge in [0.05, 0.1) is 26.4 Å². The molecule has 0 heterocycles. The van der Waals surface area contributed by atoms with E-state index in [9.17, 15) is 43.2 Å². The Bertz CT molecular complexity index is 2590. The monoisotopic (exact) mass is 1490 g/mol. The Balaban J connectivity index is 5.44. The lowest BCUT2D eigenvalue weighted by molar-refractivity contribution is -0.161. The second kappa shape index (κ2) is 75.9. The summed E-state index contributed by atoms with van der Waals surface area (Å²) in [5.74, 6) is -2.33. The van der Waals surface area contributed by atoms with E-state index in [1.54, 1.807) is 0 Å². The summed E-state index contributed by atoms with van der Waals surface area (Å²) in [7, 11) is -10.00. The number of hydrogen-bond donors (Lipinski definition) is 3. The van der Waals surface area contributed by atoms with Crippen molar-refractivity contribution in [3.63, 3.8) is 0 Å². The van der Waals surface area contributed by atoms with Crippen molar-refractivity contribution in [2.45, 2.75) is 316 Å². The van der Waals surface area contributed by atoms with E-state index in [4.69, 9.17) is 37.0 Å². The summed E-state index contributed by atoms with van der Waals surface area (Å²) in [6.07, 6.45) is 88.1. The first-order valence-electron chi connectivity index (χ1n) is 39.7. The van der Waals surface area contributed by atoms with Crippen LogP contribution >= 0.6 is 15.6 Å². The minimum Gasteiger partial charge on any atom is -0.462 e. The number of unbranched alkanes of at least 4 members (excludes halogenated alkanes) is 21. The van der Waals surface area contributed by atoms with Crippen molar-refractivity contribution in [1.29, 1.82) is 0 Å². The molecule has 5 atom stereocenters. The smallest absolute Gasteiger partial charge is 0.462 e. The van der Waals surface area contributed by atoms with Crippen molar-refractivity contribution >= 4 is 39.5 Å². The predicted octanol–water partition coefficient (Wildman–Crippen LogP) is 23.2. The van der Waals surface area contributed by atoms with Crippen molar-refractivity contribution in [1.82, 2.24) is 0 Å². The molecule has 0 amide bonds. The number of phosphoric acid groups is 2. The molecule has 0 aliphatic rings. The molecule has 592 valence electrons. The summed E-state index contributed by atoms with van der Waals surface area (Å²) >= 11 is 0. The fourth-order valence-electron chi connectivity index (χ4n) is 10.0. The van der Waals surface area contributed by atoms with Crippen molar-refractivity contribution in [2.75, 3.05) is 39.6 Å². The summed E-state index contributed by atoms with van der Waals surface area (Å²) in [4.78, 5) is 72.9. The van der Waals surface area contributed by atoms with E-state index < -0.39 is 97.5 Å². The Hall–Kier alpha value is -5.32. The molecular formula is C85H140O17P2. The summed E-state index contributed by atoms with van der Waals surface area (Å²) in [5.41, 5.74) is 0. The molecule has 3 N–H and O–H groups in total. The van der Waals surface area contributed by atoms with Gasteiger partial charge in [0.25, 0.3) is 0 Å². The Morgan fingerprint density at radius 3 is 0.875 bits per heavy atom. The molecule has 0 aromatic carbocycles. The summed E-state index contributed by atoms with van der Waals surface area (Å²) < 4.78 is 68.5. The van der Waals surface area contributed by atoms with Crippen LogP contribution in [-0.4, -0.2) is 96.7 Å². The lowest BCUT2D eigenvalue weighted by Crippen LogP contribution is -2.30. The van der Waals surface area contributed by atoms with Gasteiger partial charge in [-0.1, -0.05) is 295 Å². The van der Waals surface area contributed by atoms with E-state index in [-0.39, 0.29) is 25.7 Å². The molecule has 17 nitrogen and oxygen atoms in total. The lowest BCUT2D eigenvalue weighted by atomic mass is 10.0. The van der Waals surface area contributed by atoms with Gasteiger partial charge < -0.3 is 33.8 Å². The van der Waals surface area contributed by atoms with Crippen LogP contribution in [0.25, 0.3) is 0 Å². The van der Waals surface area contributed by atoms with E-state index >= 15 is 0 Å². The molecule has 0 radical (unpaired) electrons. The van der Waals surface area contributed by atoms with Crippen molar-refractivity contribution < 1.29 is 80.2 Å². The first-order chi connectivity index (χ1) is 50.7. The van der Waals surface area contributed by atoms with E-state index in [1.165, 1.54) is 51.4 Å². The summed E-state index contributed by atoms with van der Waals surface area (Å²) in [6, 6.07) is 0. The molecule has 0 bridgehead atoms. The van der Waals surface area contributed by atoms with E-state index in [2.05, 4.69) is 167 Å². The van der Waals surface area contributed by atoms with E-state index in [1.807, 2.05) is 18.2 Å². The van der Waals surface area contributed by atoms with Crippen molar-refractivity contribution in [2.24, 2.45) is 0 Å². The number of phosphoric ester groups is 2. The van der Waals surface area contributed by atoms with Crippen LogP contribution in [0.5, 0.6) is 0 Å². The average molecular weight is 1500 g/mol. The first kappa shape index (κ1) is 98.7. The maximum absolute atomic E-state index is 13.1. The van der Waals surface area contributed by atoms with Gasteiger partial charge in [-0.15, -0.1) is 0 Å². The van der Waals surface area contributed by atoms with Crippen molar-refractivity contribution in [3.8, 4) is 0 Å². The van der Waals surface area contributed by atoms with Gasteiger partial charge in [0.15, 0.2) is 12.2 Å². The van der Waals surface area contributed by atoms with Gasteiger partial charge in [-0.05, 0) is 135 Å². The minimum atomic E-state index is -5.00. The molecule has 19 heteroatoms. The van der Waals surface area contributed by atoms with Crippen LogP contribution in [0.2, 0.25) is 0 Å². The fourth-order valence-corrected chi connectivity index (χ4v) is 11.6. The number of ether oxygens (including phenoxy) is 4. The first-order valence-corrected chi connectivity index (χ1v) is 42.7. The summed E-state index contributed by atoms with van der Waals surface area (Å²) in [6.45, 7) is 4.44. The number of carbonyl (C=O) groups excluding carboxylic acids is 4. The second-order valence-corrected chi connectivity index (χ2v) is 28.8. The van der Waals surface area contributed by atoms with Crippen LogP contribution in [0.3, 0.4) is 0 Å². The Morgan fingerprint density at radius 1 is 0.279 bits per heavy atom. The van der Waals surface area contributed by atoms with E-state index in [0.717, 1.165) is 161 Å². The van der Waals surface area contributed by atoms with Crippen LogP contribution in [-0.2, 0) is 65.4 Å². The quantitative estimate of drug-likeness (QED) is 0.0169. The van der Waals surface area contributed by atoms with Gasteiger partial charge in [-0.2, -0.15) is 0 Å².